The zero-order valence-electron chi connectivity index (χ0n) is 32.1. The first-order valence-electron chi connectivity index (χ1n) is 20.0. The molecule has 0 fully saturated rings. The van der Waals surface area contributed by atoms with Gasteiger partial charge >= 0.3 is 0 Å². The summed E-state index contributed by atoms with van der Waals surface area (Å²) in [5.41, 5.74) is 9.75. The predicted molar refractivity (Wildman–Crippen MR) is 248 cm³/mol. The van der Waals surface area contributed by atoms with Crippen LogP contribution >= 0.6 is 11.3 Å². The lowest BCUT2D eigenvalue weighted by Gasteiger charge is -2.13. The normalized spacial score (nSPS) is 11.7. The molecule has 6 heteroatoms. The van der Waals surface area contributed by atoms with E-state index in [1.807, 2.05) is 42.5 Å². The third kappa shape index (κ3) is 5.76. The van der Waals surface area contributed by atoms with Gasteiger partial charge in [-0.1, -0.05) is 152 Å². The van der Waals surface area contributed by atoms with Crippen LogP contribution in [0.4, 0.5) is 0 Å². The van der Waals surface area contributed by atoms with Crippen molar-refractivity contribution < 1.29 is 4.42 Å². The predicted octanol–water partition coefficient (Wildman–Crippen LogP) is 14.7. The van der Waals surface area contributed by atoms with Gasteiger partial charge in [-0.2, -0.15) is 0 Å². The summed E-state index contributed by atoms with van der Waals surface area (Å²) in [6, 6.07) is 67.5. The molecule has 3 aromatic heterocycles. The minimum absolute atomic E-state index is 0.600. The standard InChI is InChI=1S/C54H32N4OS/c1-3-13-33(14-4-1)41-22-9-10-23-43(41)53-57-51(38-20-11-19-37(31-38)42-24-12-18-34-15-7-8-21-40(34)42)56-52(58-53)39-26-25-35-27-29-46-48(44(35)32-39)49-47(60-46)30-28-45-50(49)59-54(55-45)36-16-5-2-6-17-36/h1-32H. The molecule has 0 radical (unpaired) electrons. The van der Waals surface area contributed by atoms with E-state index in [2.05, 4.69) is 152 Å². The van der Waals surface area contributed by atoms with Gasteiger partial charge in [-0.15, -0.1) is 11.3 Å². The summed E-state index contributed by atoms with van der Waals surface area (Å²) in [6.07, 6.45) is 0. The van der Waals surface area contributed by atoms with E-state index < -0.39 is 0 Å². The zero-order valence-corrected chi connectivity index (χ0v) is 32.9. The third-order valence-electron chi connectivity index (χ3n) is 11.4. The van der Waals surface area contributed by atoms with Gasteiger partial charge in [0.2, 0.25) is 5.89 Å². The lowest BCUT2D eigenvalue weighted by Crippen LogP contribution is -2.01. The second kappa shape index (κ2) is 13.9. The maximum atomic E-state index is 6.60. The maximum absolute atomic E-state index is 6.60. The molecule has 0 amide bonds. The Morgan fingerprint density at radius 1 is 0.350 bits per heavy atom. The van der Waals surface area contributed by atoms with E-state index in [0.717, 1.165) is 81.9 Å². The first-order chi connectivity index (χ1) is 29.7. The molecule has 0 N–H and O–H groups in total. The molecular weight excluding hydrogens is 753 g/mol. The van der Waals surface area contributed by atoms with Crippen molar-refractivity contribution in [1.82, 2.24) is 19.9 Å². The van der Waals surface area contributed by atoms with E-state index in [1.54, 1.807) is 11.3 Å². The fourth-order valence-corrected chi connectivity index (χ4v) is 9.63. The number of rotatable bonds is 6. The highest BCUT2D eigenvalue weighted by Gasteiger charge is 2.20. The van der Waals surface area contributed by atoms with Crippen LogP contribution in [0.15, 0.2) is 199 Å². The molecule has 0 atom stereocenters. The molecule has 12 aromatic rings. The van der Waals surface area contributed by atoms with Gasteiger partial charge in [0.1, 0.15) is 5.52 Å². The quantitative estimate of drug-likeness (QED) is 0.168. The van der Waals surface area contributed by atoms with Crippen LogP contribution in [-0.4, -0.2) is 19.9 Å². The largest absolute Gasteiger partial charge is 0.435 e. The van der Waals surface area contributed by atoms with Crippen molar-refractivity contribution in [3.8, 4) is 67.9 Å². The Morgan fingerprint density at radius 3 is 1.78 bits per heavy atom. The fraction of sp³-hybridized carbons (Fsp3) is 0. The molecule has 12 rings (SSSR count). The fourth-order valence-electron chi connectivity index (χ4n) is 8.51. The van der Waals surface area contributed by atoms with Crippen LogP contribution < -0.4 is 0 Å². The lowest BCUT2D eigenvalue weighted by atomic mass is 9.96. The van der Waals surface area contributed by atoms with Crippen molar-refractivity contribution >= 4 is 64.2 Å². The van der Waals surface area contributed by atoms with Gasteiger partial charge < -0.3 is 4.42 Å². The van der Waals surface area contributed by atoms with Crippen molar-refractivity contribution in [3.05, 3.63) is 194 Å². The van der Waals surface area contributed by atoms with E-state index in [1.165, 1.54) is 15.5 Å². The van der Waals surface area contributed by atoms with Crippen LogP contribution in [-0.2, 0) is 0 Å². The average Bonchev–Trinajstić information content (AvgIpc) is 3.94. The highest BCUT2D eigenvalue weighted by Crippen LogP contribution is 2.44. The Morgan fingerprint density at radius 2 is 0.933 bits per heavy atom. The molecule has 0 bridgehead atoms. The molecule has 5 nitrogen and oxygen atoms in total. The summed E-state index contributed by atoms with van der Waals surface area (Å²) in [7, 11) is 0. The molecule has 0 aliphatic carbocycles. The molecule has 280 valence electrons. The minimum atomic E-state index is 0.600. The van der Waals surface area contributed by atoms with Crippen LogP contribution in [0, 0.1) is 0 Å². The number of hydrogen-bond donors (Lipinski definition) is 0. The number of fused-ring (bicyclic) bond motifs is 8. The number of benzene rings is 9. The smallest absolute Gasteiger partial charge is 0.227 e. The summed E-state index contributed by atoms with van der Waals surface area (Å²) >= 11 is 1.77. The second-order valence-electron chi connectivity index (χ2n) is 15.0. The average molecular weight is 785 g/mol. The summed E-state index contributed by atoms with van der Waals surface area (Å²) < 4.78 is 8.93. The summed E-state index contributed by atoms with van der Waals surface area (Å²) in [5.74, 6) is 2.43. The van der Waals surface area contributed by atoms with Gasteiger partial charge in [-0.25, -0.2) is 19.9 Å². The van der Waals surface area contributed by atoms with Crippen LogP contribution in [0.5, 0.6) is 0 Å². The summed E-state index contributed by atoms with van der Waals surface area (Å²) in [4.78, 5) is 20.7. The molecule has 3 heterocycles. The molecule has 0 aliphatic rings. The van der Waals surface area contributed by atoms with Crippen molar-refractivity contribution in [3.63, 3.8) is 0 Å². The first-order valence-corrected chi connectivity index (χ1v) is 20.8. The van der Waals surface area contributed by atoms with Gasteiger partial charge in [-0.3, -0.25) is 0 Å². The molecule has 0 saturated heterocycles. The topological polar surface area (TPSA) is 64.7 Å². The van der Waals surface area contributed by atoms with Gasteiger partial charge in [0.15, 0.2) is 23.1 Å². The van der Waals surface area contributed by atoms with Crippen LogP contribution in [0.25, 0.3) is 121 Å². The third-order valence-corrected chi connectivity index (χ3v) is 12.5. The van der Waals surface area contributed by atoms with Crippen molar-refractivity contribution in [1.29, 1.82) is 0 Å². The minimum Gasteiger partial charge on any atom is -0.435 e. The van der Waals surface area contributed by atoms with Gasteiger partial charge in [0, 0.05) is 42.4 Å². The van der Waals surface area contributed by atoms with Crippen molar-refractivity contribution in [2.24, 2.45) is 0 Å². The van der Waals surface area contributed by atoms with E-state index >= 15 is 0 Å². The van der Waals surface area contributed by atoms with Gasteiger partial charge in [-0.05, 0) is 86.3 Å². The van der Waals surface area contributed by atoms with Gasteiger partial charge in [0.05, 0.1) is 0 Å². The van der Waals surface area contributed by atoms with Crippen LogP contribution in [0.1, 0.15) is 0 Å². The number of nitrogens with zero attached hydrogens (tertiary/aromatic N) is 4. The Hall–Kier alpha value is -7.80. The van der Waals surface area contributed by atoms with Crippen LogP contribution in [0.2, 0.25) is 0 Å². The molecule has 60 heavy (non-hydrogen) atoms. The lowest BCUT2D eigenvalue weighted by molar-refractivity contribution is 0.623. The Bertz CT molecular complexity index is 3610. The van der Waals surface area contributed by atoms with Gasteiger partial charge in [0.25, 0.3) is 0 Å². The Balaban J connectivity index is 1.08. The number of hydrogen-bond acceptors (Lipinski definition) is 6. The number of oxazole rings is 1. The maximum Gasteiger partial charge on any atom is 0.227 e. The van der Waals surface area contributed by atoms with Crippen molar-refractivity contribution in [2.75, 3.05) is 0 Å². The van der Waals surface area contributed by atoms with E-state index in [4.69, 9.17) is 24.4 Å². The molecule has 9 aromatic carbocycles. The number of aromatic nitrogens is 4. The summed E-state index contributed by atoms with van der Waals surface area (Å²) in [5, 5.41) is 6.84. The highest BCUT2D eigenvalue weighted by atomic mass is 32.1. The van der Waals surface area contributed by atoms with E-state index in [-0.39, 0.29) is 0 Å². The highest BCUT2D eigenvalue weighted by molar-refractivity contribution is 7.26. The molecule has 0 saturated carbocycles. The monoisotopic (exact) mass is 784 g/mol. The van der Waals surface area contributed by atoms with E-state index in [0.29, 0.717) is 23.4 Å². The van der Waals surface area contributed by atoms with Crippen molar-refractivity contribution in [2.45, 2.75) is 0 Å². The SMILES string of the molecule is c1ccc(-c2nc3ccc4sc5ccc6ccc(-c7nc(-c8cccc(-c9cccc%10ccccc9%10)c8)nc(-c8ccccc8-c8ccccc8)n7)cc6c5c4c3o2)cc1. The molecule has 0 aliphatic heterocycles. The Labute approximate surface area is 348 Å². The number of thiophene rings is 1. The molecule has 0 spiro atoms. The molecule has 0 unspecified atom stereocenters. The zero-order chi connectivity index (χ0) is 39.6. The second-order valence-corrected chi connectivity index (χ2v) is 16.1. The summed E-state index contributed by atoms with van der Waals surface area (Å²) in [6.45, 7) is 0. The first kappa shape index (κ1) is 34.3. The molecular formula is C54H32N4OS. The Kier molecular flexibility index (Phi) is 7.96. The van der Waals surface area contributed by atoms with E-state index in [9.17, 15) is 0 Å². The van der Waals surface area contributed by atoms with Crippen LogP contribution in [0.3, 0.4) is 0 Å².